The van der Waals surface area contributed by atoms with Gasteiger partial charge < -0.3 is 10.4 Å². The van der Waals surface area contributed by atoms with Gasteiger partial charge in [-0.1, -0.05) is 36.4 Å². The molecular weight excluding hydrogens is 270 g/mol. The van der Waals surface area contributed by atoms with Crippen LogP contribution in [-0.2, 0) is 11.2 Å². The van der Waals surface area contributed by atoms with E-state index in [2.05, 4.69) is 5.32 Å². The maximum absolute atomic E-state index is 11.6. The molecular formula is C16H17NO2S. The topological polar surface area (TPSA) is 49.3 Å². The van der Waals surface area contributed by atoms with E-state index in [4.69, 9.17) is 0 Å². The fraction of sp³-hybridized carbons (Fsp3) is 0.188. The maximum atomic E-state index is 11.6. The Kier molecular flexibility index (Phi) is 5.53. The lowest BCUT2D eigenvalue weighted by molar-refractivity contribution is -0.116. The summed E-state index contributed by atoms with van der Waals surface area (Å²) in [6, 6.07) is 13.6. The van der Waals surface area contributed by atoms with E-state index in [1.807, 2.05) is 47.8 Å². The predicted octanol–water partition coefficient (Wildman–Crippen LogP) is 2.48. The van der Waals surface area contributed by atoms with Crippen molar-refractivity contribution in [2.75, 3.05) is 6.54 Å². The normalized spacial score (nSPS) is 12.4. The Morgan fingerprint density at radius 1 is 1.25 bits per heavy atom. The third-order valence-corrected chi connectivity index (χ3v) is 3.61. The number of rotatable bonds is 6. The average Bonchev–Trinajstić information content (AvgIpc) is 2.97. The molecule has 2 aromatic rings. The van der Waals surface area contributed by atoms with E-state index in [9.17, 15) is 9.90 Å². The minimum atomic E-state index is -0.573. The van der Waals surface area contributed by atoms with Crippen LogP contribution in [-0.4, -0.2) is 23.7 Å². The first-order chi connectivity index (χ1) is 9.74. The standard InChI is InChI=1S/C16H17NO2S/c18-14(11-13-5-2-1-3-6-13)12-17-16(19)9-8-15-7-4-10-20-15/h1-10,14,18H,11-12H2,(H,17,19)/b9-8+. The summed E-state index contributed by atoms with van der Waals surface area (Å²) in [5.74, 6) is -0.189. The van der Waals surface area contributed by atoms with E-state index in [0.717, 1.165) is 10.4 Å². The van der Waals surface area contributed by atoms with E-state index in [-0.39, 0.29) is 12.5 Å². The molecule has 20 heavy (non-hydrogen) atoms. The number of carbonyl (C=O) groups is 1. The fourth-order valence-electron chi connectivity index (χ4n) is 1.78. The third kappa shape index (κ3) is 4.99. The summed E-state index contributed by atoms with van der Waals surface area (Å²) in [6.07, 6.45) is 3.22. The van der Waals surface area contributed by atoms with Gasteiger partial charge in [-0.05, 0) is 23.1 Å². The number of aliphatic hydroxyl groups is 1. The molecule has 3 nitrogen and oxygen atoms in total. The smallest absolute Gasteiger partial charge is 0.244 e. The van der Waals surface area contributed by atoms with Gasteiger partial charge in [-0.3, -0.25) is 4.79 Å². The Hall–Kier alpha value is -1.91. The van der Waals surface area contributed by atoms with Crippen molar-refractivity contribution in [2.24, 2.45) is 0 Å². The summed E-state index contributed by atoms with van der Waals surface area (Å²) in [6.45, 7) is 0.252. The second-order valence-electron chi connectivity index (χ2n) is 4.44. The zero-order valence-corrected chi connectivity index (χ0v) is 11.8. The van der Waals surface area contributed by atoms with Gasteiger partial charge in [0.15, 0.2) is 0 Å². The third-order valence-electron chi connectivity index (χ3n) is 2.77. The predicted molar refractivity (Wildman–Crippen MR) is 82.5 cm³/mol. The van der Waals surface area contributed by atoms with Crippen molar-refractivity contribution in [3.63, 3.8) is 0 Å². The van der Waals surface area contributed by atoms with Crippen molar-refractivity contribution in [3.05, 3.63) is 64.4 Å². The number of amides is 1. The summed E-state index contributed by atoms with van der Waals surface area (Å²) >= 11 is 1.57. The van der Waals surface area contributed by atoms with Gasteiger partial charge in [-0.25, -0.2) is 0 Å². The van der Waals surface area contributed by atoms with Crippen LogP contribution in [0.25, 0.3) is 6.08 Å². The molecule has 1 atom stereocenters. The first-order valence-electron chi connectivity index (χ1n) is 6.45. The Morgan fingerprint density at radius 2 is 2.05 bits per heavy atom. The highest BCUT2D eigenvalue weighted by Crippen LogP contribution is 2.09. The maximum Gasteiger partial charge on any atom is 0.244 e. The van der Waals surface area contributed by atoms with E-state index in [0.29, 0.717) is 6.42 Å². The molecule has 0 aliphatic rings. The van der Waals surface area contributed by atoms with Crippen LogP contribution in [0, 0.1) is 0 Å². The Morgan fingerprint density at radius 3 is 2.75 bits per heavy atom. The van der Waals surface area contributed by atoms with Crippen LogP contribution in [0.15, 0.2) is 53.9 Å². The molecule has 1 unspecified atom stereocenters. The lowest BCUT2D eigenvalue weighted by Gasteiger charge is -2.10. The molecule has 1 heterocycles. The van der Waals surface area contributed by atoms with Crippen molar-refractivity contribution in [2.45, 2.75) is 12.5 Å². The molecule has 104 valence electrons. The molecule has 0 fully saturated rings. The van der Waals surface area contributed by atoms with Gasteiger partial charge in [-0.2, -0.15) is 0 Å². The van der Waals surface area contributed by atoms with Gasteiger partial charge in [0.1, 0.15) is 0 Å². The summed E-state index contributed by atoms with van der Waals surface area (Å²) in [5, 5.41) is 14.5. The number of benzene rings is 1. The number of nitrogens with one attached hydrogen (secondary N) is 1. The quantitative estimate of drug-likeness (QED) is 0.802. The largest absolute Gasteiger partial charge is 0.391 e. The van der Waals surface area contributed by atoms with Gasteiger partial charge >= 0.3 is 0 Å². The molecule has 1 aromatic heterocycles. The zero-order valence-electron chi connectivity index (χ0n) is 11.0. The highest BCUT2D eigenvalue weighted by molar-refractivity contribution is 7.10. The monoisotopic (exact) mass is 287 g/mol. The minimum absolute atomic E-state index is 0.189. The number of aliphatic hydroxyl groups excluding tert-OH is 1. The highest BCUT2D eigenvalue weighted by Gasteiger charge is 2.06. The summed E-state index contributed by atoms with van der Waals surface area (Å²) in [7, 11) is 0. The van der Waals surface area contributed by atoms with Crippen LogP contribution in [0.4, 0.5) is 0 Å². The number of hydrogen-bond donors (Lipinski definition) is 2. The van der Waals surface area contributed by atoms with E-state index >= 15 is 0 Å². The van der Waals surface area contributed by atoms with Crippen LogP contribution in [0.1, 0.15) is 10.4 Å². The lowest BCUT2D eigenvalue weighted by Crippen LogP contribution is -2.32. The van der Waals surface area contributed by atoms with Gasteiger partial charge in [0, 0.05) is 23.9 Å². The molecule has 2 rings (SSSR count). The van der Waals surface area contributed by atoms with E-state index in [1.54, 1.807) is 17.4 Å². The Balaban J connectivity index is 1.73. The SMILES string of the molecule is O=C(/C=C/c1cccs1)NCC(O)Cc1ccccc1. The van der Waals surface area contributed by atoms with Crippen molar-refractivity contribution in [1.29, 1.82) is 0 Å². The van der Waals surface area contributed by atoms with Gasteiger partial charge in [-0.15, -0.1) is 11.3 Å². The first-order valence-corrected chi connectivity index (χ1v) is 7.33. The molecule has 0 radical (unpaired) electrons. The number of carbonyl (C=O) groups excluding carboxylic acids is 1. The van der Waals surface area contributed by atoms with Gasteiger partial charge in [0.05, 0.1) is 6.10 Å². The van der Waals surface area contributed by atoms with Gasteiger partial charge in [0.2, 0.25) is 5.91 Å². The molecule has 0 saturated carbocycles. The minimum Gasteiger partial charge on any atom is -0.391 e. The van der Waals surface area contributed by atoms with Crippen molar-refractivity contribution >= 4 is 23.3 Å². The van der Waals surface area contributed by atoms with Crippen LogP contribution in [0.2, 0.25) is 0 Å². The highest BCUT2D eigenvalue weighted by atomic mass is 32.1. The molecule has 4 heteroatoms. The van der Waals surface area contributed by atoms with Crippen LogP contribution >= 0.6 is 11.3 Å². The summed E-state index contributed by atoms with van der Waals surface area (Å²) in [5.41, 5.74) is 1.06. The summed E-state index contributed by atoms with van der Waals surface area (Å²) in [4.78, 5) is 12.6. The second kappa shape index (κ2) is 7.62. The van der Waals surface area contributed by atoms with Gasteiger partial charge in [0.25, 0.3) is 0 Å². The van der Waals surface area contributed by atoms with Crippen LogP contribution in [0.3, 0.4) is 0 Å². The van der Waals surface area contributed by atoms with Crippen molar-refractivity contribution < 1.29 is 9.90 Å². The van der Waals surface area contributed by atoms with Crippen LogP contribution in [0.5, 0.6) is 0 Å². The molecule has 0 bridgehead atoms. The second-order valence-corrected chi connectivity index (χ2v) is 5.42. The van der Waals surface area contributed by atoms with E-state index in [1.165, 1.54) is 6.08 Å². The lowest BCUT2D eigenvalue weighted by atomic mass is 10.1. The fourth-order valence-corrected chi connectivity index (χ4v) is 2.40. The number of thiophene rings is 1. The first kappa shape index (κ1) is 14.5. The molecule has 0 saturated heterocycles. The average molecular weight is 287 g/mol. The number of hydrogen-bond acceptors (Lipinski definition) is 3. The molecule has 2 N–H and O–H groups in total. The molecule has 1 aromatic carbocycles. The van der Waals surface area contributed by atoms with Crippen molar-refractivity contribution in [1.82, 2.24) is 5.32 Å². The zero-order chi connectivity index (χ0) is 14.2. The molecule has 0 aliphatic heterocycles. The van der Waals surface area contributed by atoms with Crippen molar-refractivity contribution in [3.8, 4) is 0 Å². The molecule has 0 aliphatic carbocycles. The van der Waals surface area contributed by atoms with E-state index < -0.39 is 6.10 Å². The van der Waals surface area contributed by atoms with Crippen LogP contribution < -0.4 is 5.32 Å². The summed E-state index contributed by atoms with van der Waals surface area (Å²) < 4.78 is 0. The molecule has 1 amide bonds. The Bertz CT molecular complexity index is 549. The Labute approximate surface area is 122 Å². The molecule has 0 spiro atoms.